The number of nitriles is 1. The molecule has 6 nitrogen and oxygen atoms in total. The number of carbonyl (C=O) groups excluding carboxylic acids is 1. The number of anilines is 1. The molecule has 0 saturated carbocycles. The van der Waals surface area contributed by atoms with Gasteiger partial charge in [0.15, 0.2) is 0 Å². The van der Waals surface area contributed by atoms with Gasteiger partial charge < -0.3 is 10.2 Å². The molecule has 0 unspecified atom stereocenters. The van der Waals surface area contributed by atoms with Gasteiger partial charge in [0.1, 0.15) is 12.2 Å². The molecule has 10 heteroatoms. The van der Waals surface area contributed by atoms with Crippen LogP contribution >= 0.6 is 0 Å². The van der Waals surface area contributed by atoms with E-state index in [0.717, 1.165) is 6.07 Å². The van der Waals surface area contributed by atoms with Gasteiger partial charge in [-0.15, -0.1) is 0 Å². The topological polar surface area (TPSA) is 72.3 Å². The molecule has 2 fully saturated rings. The Kier molecular flexibility index (Phi) is 5.71. The number of halogens is 4. The van der Waals surface area contributed by atoms with Gasteiger partial charge >= 0.3 is 6.18 Å². The van der Waals surface area contributed by atoms with Crippen molar-refractivity contribution in [1.29, 1.82) is 5.26 Å². The van der Waals surface area contributed by atoms with Gasteiger partial charge in [0, 0.05) is 42.8 Å². The summed E-state index contributed by atoms with van der Waals surface area (Å²) in [7, 11) is 0. The fraction of sp³-hybridized carbons (Fsp3) is 0.476. The summed E-state index contributed by atoms with van der Waals surface area (Å²) in [5.74, 6) is -0.281. The standard InChI is InChI=1S/C21H21F4N5O/c22-13-8-15(9-26)30(10-13)19(31)12-29-7-5-14(11-29)28-18-4-6-27-20-16(18)2-1-3-17(20)21(23,24)25/h1-4,6,13-15H,5,7-8,10-12H2,(H,27,28)/t13-,14+,15-/m0/s1. The lowest BCUT2D eigenvalue weighted by atomic mass is 10.1. The summed E-state index contributed by atoms with van der Waals surface area (Å²) in [5, 5.41) is 12.8. The highest BCUT2D eigenvalue weighted by atomic mass is 19.4. The number of hydrogen-bond acceptors (Lipinski definition) is 5. The molecule has 2 aliphatic heterocycles. The SMILES string of the molecule is N#C[C@@H]1C[C@H](F)CN1C(=O)CN1CC[C@@H](Nc2ccnc3c(C(F)(F)F)cccc23)C1. The van der Waals surface area contributed by atoms with Crippen LogP contribution in [0.1, 0.15) is 18.4 Å². The highest BCUT2D eigenvalue weighted by Crippen LogP contribution is 2.36. The average Bonchev–Trinajstić information content (AvgIpc) is 3.32. The second-order valence-electron chi connectivity index (χ2n) is 7.95. The molecule has 0 bridgehead atoms. The lowest BCUT2D eigenvalue weighted by Gasteiger charge is -2.23. The van der Waals surface area contributed by atoms with Crippen LogP contribution in [0, 0.1) is 11.3 Å². The minimum Gasteiger partial charge on any atom is -0.380 e. The maximum atomic E-state index is 13.6. The Morgan fingerprint density at radius 3 is 2.84 bits per heavy atom. The zero-order valence-electron chi connectivity index (χ0n) is 16.6. The van der Waals surface area contributed by atoms with Crippen LogP contribution in [0.2, 0.25) is 0 Å². The van der Waals surface area contributed by atoms with E-state index >= 15 is 0 Å². The number of nitrogens with one attached hydrogen (secondary N) is 1. The van der Waals surface area contributed by atoms with Gasteiger partial charge in [0.05, 0.1) is 30.2 Å². The van der Waals surface area contributed by atoms with Gasteiger partial charge in [-0.05, 0) is 18.6 Å². The Labute approximate surface area is 176 Å². The molecule has 1 aromatic heterocycles. The first-order chi connectivity index (χ1) is 14.8. The van der Waals surface area contributed by atoms with Crippen LogP contribution in [0.5, 0.6) is 0 Å². The van der Waals surface area contributed by atoms with Gasteiger partial charge in [0.2, 0.25) is 5.91 Å². The van der Waals surface area contributed by atoms with E-state index in [0.29, 0.717) is 30.6 Å². The van der Waals surface area contributed by atoms with Crippen molar-refractivity contribution in [3.8, 4) is 6.07 Å². The first kappa shape index (κ1) is 21.3. The molecule has 0 aliphatic carbocycles. The molecule has 164 valence electrons. The van der Waals surface area contributed by atoms with Crippen LogP contribution in [0.15, 0.2) is 30.5 Å². The van der Waals surface area contributed by atoms with Gasteiger partial charge in [-0.25, -0.2) is 4.39 Å². The van der Waals surface area contributed by atoms with Crippen LogP contribution < -0.4 is 5.32 Å². The van der Waals surface area contributed by atoms with Crippen molar-refractivity contribution in [3.05, 3.63) is 36.0 Å². The van der Waals surface area contributed by atoms with E-state index in [4.69, 9.17) is 5.26 Å². The number of pyridine rings is 1. The second kappa shape index (κ2) is 8.30. The van der Waals surface area contributed by atoms with E-state index < -0.39 is 24.0 Å². The van der Waals surface area contributed by atoms with E-state index in [1.54, 1.807) is 12.1 Å². The van der Waals surface area contributed by atoms with E-state index in [2.05, 4.69) is 10.3 Å². The molecular formula is C21H21F4N5O. The minimum atomic E-state index is -4.49. The molecule has 3 atom stereocenters. The van der Waals surface area contributed by atoms with Crippen molar-refractivity contribution in [2.45, 2.75) is 37.3 Å². The molecule has 4 rings (SSSR count). The second-order valence-corrected chi connectivity index (χ2v) is 7.95. The Balaban J connectivity index is 1.43. The van der Waals surface area contributed by atoms with Crippen LogP contribution in [0.25, 0.3) is 10.9 Å². The number of alkyl halides is 4. The summed E-state index contributed by atoms with van der Waals surface area (Å²) < 4.78 is 53.4. The molecular weight excluding hydrogens is 414 g/mol. The Bertz CT molecular complexity index is 1020. The van der Waals surface area contributed by atoms with Gasteiger partial charge in [-0.3, -0.25) is 14.7 Å². The fourth-order valence-electron chi connectivity index (χ4n) is 4.31. The third-order valence-corrected chi connectivity index (χ3v) is 5.79. The van der Waals surface area contributed by atoms with E-state index in [1.165, 1.54) is 17.2 Å². The van der Waals surface area contributed by atoms with Crippen molar-refractivity contribution >= 4 is 22.5 Å². The summed E-state index contributed by atoms with van der Waals surface area (Å²) in [6, 6.07) is 6.78. The molecule has 0 radical (unpaired) electrons. The normalized spacial score (nSPS) is 24.5. The number of amides is 1. The lowest BCUT2D eigenvalue weighted by molar-refractivity contribution is -0.136. The smallest absolute Gasteiger partial charge is 0.380 e. The third kappa shape index (κ3) is 4.42. The number of hydrogen-bond donors (Lipinski definition) is 1. The minimum absolute atomic E-state index is 0.0431. The number of nitrogens with zero attached hydrogens (tertiary/aromatic N) is 4. The molecule has 2 aromatic rings. The predicted molar refractivity (Wildman–Crippen MR) is 106 cm³/mol. The number of rotatable bonds is 4. The largest absolute Gasteiger partial charge is 0.418 e. The number of carbonyl (C=O) groups is 1. The lowest BCUT2D eigenvalue weighted by Crippen LogP contribution is -2.42. The summed E-state index contributed by atoms with van der Waals surface area (Å²) >= 11 is 0. The first-order valence-corrected chi connectivity index (χ1v) is 10.0. The molecule has 2 aliphatic rings. The molecule has 0 spiro atoms. The number of fused-ring (bicyclic) bond motifs is 1. The summed E-state index contributed by atoms with van der Waals surface area (Å²) in [4.78, 5) is 19.6. The van der Waals surface area contributed by atoms with Crippen molar-refractivity contribution in [2.24, 2.45) is 0 Å². The van der Waals surface area contributed by atoms with Crippen LogP contribution in [0.4, 0.5) is 23.2 Å². The predicted octanol–water partition coefficient (Wildman–Crippen LogP) is 3.20. The van der Waals surface area contributed by atoms with Crippen molar-refractivity contribution in [1.82, 2.24) is 14.8 Å². The number of aromatic nitrogens is 1. The van der Waals surface area contributed by atoms with Crippen LogP contribution in [0.3, 0.4) is 0 Å². The quantitative estimate of drug-likeness (QED) is 0.747. The van der Waals surface area contributed by atoms with Gasteiger partial charge in [0.25, 0.3) is 0 Å². The fourth-order valence-corrected chi connectivity index (χ4v) is 4.31. The monoisotopic (exact) mass is 435 g/mol. The maximum absolute atomic E-state index is 13.6. The van der Waals surface area contributed by atoms with Crippen LogP contribution in [-0.2, 0) is 11.0 Å². The Hall–Kier alpha value is -2.93. The zero-order chi connectivity index (χ0) is 22.2. The summed E-state index contributed by atoms with van der Waals surface area (Å²) in [6.07, 6.45) is -3.59. The van der Waals surface area contributed by atoms with Crippen molar-refractivity contribution in [2.75, 3.05) is 31.5 Å². The Morgan fingerprint density at radius 2 is 2.10 bits per heavy atom. The van der Waals surface area contributed by atoms with Crippen molar-refractivity contribution in [3.63, 3.8) is 0 Å². The third-order valence-electron chi connectivity index (χ3n) is 5.79. The Morgan fingerprint density at radius 1 is 1.29 bits per heavy atom. The van der Waals surface area contributed by atoms with E-state index in [9.17, 15) is 22.4 Å². The molecule has 2 saturated heterocycles. The summed E-state index contributed by atoms with van der Waals surface area (Å²) in [6.45, 7) is 1.15. The number of para-hydroxylation sites is 1. The number of benzene rings is 1. The van der Waals surface area contributed by atoms with Gasteiger partial charge in [-0.1, -0.05) is 12.1 Å². The molecule has 1 aromatic carbocycles. The average molecular weight is 435 g/mol. The van der Waals surface area contributed by atoms with Crippen LogP contribution in [-0.4, -0.2) is 65.1 Å². The zero-order valence-corrected chi connectivity index (χ0v) is 16.6. The molecule has 3 heterocycles. The molecule has 1 amide bonds. The number of likely N-dealkylation sites (tertiary alicyclic amines) is 2. The first-order valence-electron chi connectivity index (χ1n) is 10.0. The molecule has 1 N–H and O–H groups in total. The summed E-state index contributed by atoms with van der Waals surface area (Å²) in [5.41, 5.74) is -0.336. The van der Waals surface area contributed by atoms with E-state index in [-0.39, 0.29) is 37.0 Å². The maximum Gasteiger partial charge on any atom is 0.418 e. The molecule has 31 heavy (non-hydrogen) atoms. The highest BCUT2D eigenvalue weighted by molar-refractivity contribution is 5.93. The highest BCUT2D eigenvalue weighted by Gasteiger charge is 2.37. The van der Waals surface area contributed by atoms with Crippen molar-refractivity contribution < 1.29 is 22.4 Å². The van der Waals surface area contributed by atoms with E-state index in [1.807, 2.05) is 11.0 Å². The van der Waals surface area contributed by atoms with Gasteiger partial charge in [-0.2, -0.15) is 18.4 Å².